The van der Waals surface area contributed by atoms with Gasteiger partial charge in [0.05, 0.1) is 0 Å². The number of guanidine groups is 1. The monoisotopic (exact) mass is 517 g/mol. The average Bonchev–Trinajstić information content (AvgIpc) is 3.01. The van der Waals surface area contributed by atoms with E-state index in [2.05, 4.69) is 37.5 Å². The molecule has 1 aromatic heterocycles. The Hall–Kier alpha value is -0.930. The lowest BCUT2D eigenvalue weighted by atomic mass is 9.99. The Morgan fingerprint density at radius 2 is 1.93 bits per heavy atom. The minimum absolute atomic E-state index is 0. The number of hydrogen-bond donors (Lipinski definition) is 2. The average molecular weight is 517 g/mol. The minimum Gasteiger partial charge on any atom is -0.459 e. The van der Waals surface area contributed by atoms with Gasteiger partial charge >= 0.3 is 0 Å². The Balaban J connectivity index is 0.00000280. The molecule has 1 aliphatic rings. The van der Waals surface area contributed by atoms with Crippen molar-refractivity contribution in [1.29, 1.82) is 0 Å². The molecule has 1 aliphatic heterocycles. The Morgan fingerprint density at radius 1 is 1.18 bits per heavy atom. The summed E-state index contributed by atoms with van der Waals surface area (Å²) in [6.45, 7) is 10.4. The molecule has 1 fully saturated rings. The minimum atomic E-state index is 0. The van der Waals surface area contributed by atoms with Crippen molar-refractivity contribution in [2.24, 2.45) is 4.99 Å². The Morgan fingerprint density at radius 3 is 2.61 bits per heavy atom. The van der Waals surface area contributed by atoms with Crippen LogP contribution in [0.1, 0.15) is 38.0 Å². The van der Waals surface area contributed by atoms with E-state index in [4.69, 9.17) is 14.1 Å². The van der Waals surface area contributed by atoms with Gasteiger partial charge in [-0.15, -0.1) is 24.0 Å². The molecule has 2 aromatic rings. The summed E-state index contributed by atoms with van der Waals surface area (Å²) in [5.41, 5.74) is 2.10. The standard InChI is InChI=1S/C21H31N3O2S.HI/c1-4-22-20(24-15-21(27-5-2)10-12-25-13-11-21)23-14-19-16(3)17-8-6-7-9-18(17)26-19;/h6-9H,4-5,10-15H2,1-3H3,(H2,22,23,24);1H. The molecule has 1 saturated heterocycles. The van der Waals surface area contributed by atoms with Crippen LogP contribution in [0.4, 0.5) is 0 Å². The maximum atomic E-state index is 6.00. The largest absolute Gasteiger partial charge is 0.459 e. The predicted molar refractivity (Wildman–Crippen MR) is 130 cm³/mol. The van der Waals surface area contributed by atoms with E-state index in [9.17, 15) is 0 Å². The van der Waals surface area contributed by atoms with Crippen LogP contribution in [0.2, 0.25) is 0 Å². The van der Waals surface area contributed by atoms with Gasteiger partial charge < -0.3 is 19.8 Å². The highest BCUT2D eigenvalue weighted by Gasteiger charge is 2.32. The van der Waals surface area contributed by atoms with Gasteiger partial charge in [0, 0.05) is 42.0 Å². The SMILES string of the molecule is CCNC(=NCc1oc2ccccc2c1C)NCC1(SCC)CCOCC1.I. The molecule has 0 atom stereocenters. The van der Waals surface area contributed by atoms with Gasteiger partial charge in [0.15, 0.2) is 5.96 Å². The molecule has 3 rings (SSSR count). The third kappa shape index (κ3) is 5.79. The highest BCUT2D eigenvalue weighted by atomic mass is 127. The van der Waals surface area contributed by atoms with Gasteiger partial charge in [-0.1, -0.05) is 25.1 Å². The molecule has 2 N–H and O–H groups in total. The van der Waals surface area contributed by atoms with Crippen LogP contribution in [-0.2, 0) is 11.3 Å². The highest BCUT2D eigenvalue weighted by molar-refractivity contribution is 14.0. The van der Waals surface area contributed by atoms with Crippen LogP contribution in [0.15, 0.2) is 33.7 Å². The number of rotatable bonds is 7. The molecular formula is C21H32IN3O2S. The number of nitrogens with one attached hydrogen (secondary N) is 2. The van der Waals surface area contributed by atoms with Crippen molar-refractivity contribution in [2.75, 3.05) is 32.1 Å². The molecule has 156 valence electrons. The second kappa shape index (κ2) is 11.3. The number of thioether (sulfide) groups is 1. The van der Waals surface area contributed by atoms with Crippen molar-refractivity contribution in [1.82, 2.24) is 10.6 Å². The fourth-order valence-corrected chi connectivity index (χ4v) is 4.78. The fraction of sp³-hybridized carbons (Fsp3) is 0.571. The zero-order valence-electron chi connectivity index (χ0n) is 17.0. The summed E-state index contributed by atoms with van der Waals surface area (Å²) < 4.78 is 11.8. The maximum Gasteiger partial charge on any atom is 0.191 e. The zero-order chi connectivity index (χ0) is 19.1. The van der Waals surface area contributed by atoms with E-state index in [-0.39, 0.29) is 28.7 Å². The van der Waals surface area contributed by atoms with Crippen LogP contribution >= 0.6 is 35.7 Å². The highest BCUT2D eigenvalue weighted by Crippen LogP contribution is 2.34. The Kier molecular flexibility index (Phi) is 9.43. The Bertz CT molecular complexity index is 767. The molecule has 7 heteroatoms. The van der Waals surface area contributed by atoms with Crippen molar-refractivity contribution in [3.63, 3.8) is 0 Å². The summed E-state index contributed by atoms with van der Waals surface area (Å²) in [6, 6.07) is 8.16. The molecule has 0 spiro atoms. The number of ether oxygens (including phenoxy) is 1. The summed E-state index contributed by atoms with van der Waals surface area (Å²) >= 11 is 2.04. The third-order valence-corrected chi connectivity index (χ3v) is 6.55. The number of para-hydroxylation sites is 1. The topological polar surface area (TPSA) is 58.8 Å². The van der Waals surface area contributed by atoms with Crippen molar-refractivity contribution >= 4 is 52.7 Å². The van der Waals surface area contributed by atoms with Gasteiger partial charge in [-0.3, -0.25) is 0 Å². The van der Waals surface area contributed by atoms with Crippen molar-refractivity contribution < 1.29 is 9.15 Å². The summed E-state index contributed by atoms with van der Waals surface area (Å²) in [7, 11) is 0. The lowest BCUT2D eigenvalue weighted by molar-refractivity contribution is 0.0782. The van der Waals surface area contributed by atoms with Gasteiger partial charge in [-0.25, -0.2) is 4.99 Å². The van der Waals surface area contributed by atoms with Crippen LogP contribution in [0, 0.1) is 6.92 Å². The molecular weight excluding hydrogens is 485 g/mol. The third-order valence-electron chi connectivity index (χ3n) is 5.10. The number of benzene rings is 1. The Labute approximate surface area is 189 Å². The van der Waals surface area contributed by atoms with E-state index in [0.717, 1.165) is 62.2 Å². The first kappa shape index (κ1) is 23.3. The lowest BCUT2D eigenvalue weighted by Crippen LogP contribution is -2.48. The molecule has 2 heterocycles. The summed E-state index contributed by atoms with van der Waals surface area (Å²) in [5.74, 6) is 2.89. The molecule has 0 amide bonds. The number of halogens is 1. The summed E-state index contributed by atoms with van der Waals surface area (Å²) in [4.78, 5) is 4.78. The molecule has 28 heavy (non-hydrogen) atoms. The molecule has 0 radical (unpaired) electrons. The smallest absolute Gasteiger partial charge is 0.191 e. The van der Waals surface area contributed by atoms with Crippen LogP contribution in [-0.4, -0.2) is 42.8 Å². The van der Waals surface area contributed by atoms with E-state index in [1.807, 2.05) is 30.0 Å². The van der Waals surface area contributed by atoms with E-state index < -0.39 is 0 Å². The second-order valence-electron chi connectivity index (χ2n) is 6.92. The quantitative estimate of drug-likeness (QED) is 0.317. The summed E-state index contributed by atoms with van der Waals surface area (Å²) in [5, 5.41) is 8.09. The maximum absolute atomic E-state index is 6.00. The lowest BCUT2D eigenvalue weighted by Gasteiger charge is -2.37. The van der Waals surface area contributed by atoms with Gasteiger partial charge in [-0.05, 0) is 38.5 Å². The van der Waals surface area contributed by atoms with Crippen molar-refractivity contribution in [3.05, 3.63) is 35.6 Å². The molecule has 5 nitrogen and oxygen atoms in total. The fourth-order valence-electron chi connectivity index (χ4n) is 3.53. The van der Waals surface area contributed by atoms with Gasteiger partial charge in [0.2, 0.25) is 0 Å². The first-order valence-corrected chi connectivity index (χ1v) is 10.9. The van der Waals surface area contributed by atoms with Crippen LogP contribution < -0.4 is 10.6 Å². The predicted octanol–water partition coefficient (Wildman–Crippen LogP) is 4.72. The number of furan rings is 1. The van der Waals surface area contributed by atoms with E-state index >= 15 is 0 Å². The second-order valence-corrected chi connectivity index (χ2v) is 8.66. The number of aliphatic imine (C=N–C) groups is 1. The zero-order valence-corrected chi connectivity index (χ0v) is 20.2. The van der Waals surface area contributed by atoms with Crippen LogP contribution in [0.5, 0.6) is 0 Å². The number of aryl methyl sites for hydroxylation is 1. The van der Waals surface area contributed by atoms with Crippen molar-refractivity contribution in [3.8, 4) is 0 Å². The van der Waals surface area contributed by atoms with E-state index in [0.29, 0.717) is 6.54 Å². The van der Waals surface area contributed by atoms with Crippen LogP contribution in [0.25, 0.3) is 11.0 Å². The van der Waals surface area contributed by atoms with E-state index in [1.54, 1.807) is 0 Å². The first-order chi connectivity index (χ1) is 13.2. The number of fused-ring (bicyclic) bond motifs is 1. The summed E-state index contributed by atoms with van der Waals surface area (Å²) in [6.07, 6.45) is 2.17. The number of hydrogen-bond acceptors (Lipinski definition) is 4. The van der Waals surface area contributed by atoms with Crippen molar-refractivity contribution in [2.45, 2.75) is 44.9 Å². The molecule has 0 bridgehead atoms. The molecule has 0 aliphatic carbocycles. The van der Waals surface area contributed by atoms with Crippen LogP contribution in [0.3, 0.4) is 0 Å². The van der Waals surface area contributed by atoms with E-state index in [1.165, 1.54) is 10.9 Å². The van der Waals surface area contributed by atoms with Gasteiger partial charge in [-0.2, -0.15) is 11.8 Å². The first-order valence-electron chi connectivity index (χ1n) is 9.88. The molecule has 0 unspecified atom stereocenters. The molecule has 0 saturated carbocycles. The normalized spacial score (nSPS) is 16.6. The van der Waals surface area contributed by atoms with Gasteiger partial charge in [0.25, 0.3) is 0 Å². The number of nitrogens with zero attached hydrogens (tertiary/aromatic N) is 1. The van der Waals surface area contributed by atoms with Gasteiger partial charge in [0.1, 0.15) is 17.9 Å². The molecule has 1 aromatic carbocycles.